The Bertz CT molecular complexity index is 612. The number of methoxy groups -OCH3 is 1. The van der Waals surface area contributed by atoms with Crippen molar-refractivity contribution in [3.05, 3.63) is 24.0 Å². The summed E-state index contributed by atoms with van der Waals surface area (Å²) in [6.45, 7) is 5.60. The van der Waals surface area contributed by atoms with Crippen molar-refractivity contribution >= 4 is 6.09 Å². The Morgan fingerprint density at radius 1 is 1.33 bits per heavy atom. The van der Waals surface area contributed by atoms with Crippen LogP contribution in [0.2, 0.25) is 0 Å². The van der Waals surface area contributed by atoms with Crippen molar-refractivity contribution in [1.29, 1.82) is 0 Å². The first-order valence-corrected chi connectivity index (χ1v) is 8.47. The zero-order valence-corrected chi connectivity index (χ0v) is 14.8. The monoisotopic (exact) mass is 334 g/mol. The summed E-state index contributed by atoms with van der Waals surface area (Å²) in [5.74, 6) is 0.588. The lowest BCUT2D eigenvalue weighted by atomic mass is 9.83. The fourth-order valence-corrected chi connectivity index (χ4v) is 3.94. The Balaban J connectivity index is 1.83. The number of carbonyl (C=O) groups excluding carboxylic acids is 1. The SMILES string of the molecule is COc1cccnc1C1(O)CC2CCC(C1)N2C(=O)OC(C)(C)C. The zero-order valence-electron chi connectivity index (χ0n) is 14.8. The molecule has 2 aliphatic heterocycles. The molecular weight excluding hydrogens is 308 g/mol. The molecule has 24 heavy (non-hydrogen) atoms. The van der Waals surface area contributed by atoms with Crippen molar-refractivity contribution in [3.8, 4) is 5.75 Å². The number of amides is 1. The summed E-state index contributed by atoms with van der Waals surface area (Å²) in [6.07, 6.45) is 4.04. The lowest BCUT2D eigenvalue weighted by molar-refractivity contribution is -0.0657. The van der Waals surface area contributed by atoms with Gasteiger partial charge in [-0.05, 0) is 45.7 Å². The maximum Gasteiger partial charge on any atom is 0.410 e. The van der Waals surface area contributed by atoms with Gasteiger partial charge in [-0.15, -0.1) is 0 Å². The van der Waals surface area contributed by atoms with Gasteiger partial charge in [-0.3, -0.25) is 4.98 Å². The first kappa shape index (κ1) is 17.0. The molecule has 3 rings (SSSR count). The number of nitrogens with zero attached hydrogens (tertiary/aromatic N) is 2. The van der Waals surface area contributed by atoms with E-state index in [4.69, 9.17) is 9.47 Å². The van der Waals surface area contributed by atoms with Gasteiger partial charge >= 0.3 is 6.09 Å². The van der Waals surface area contributed by atoms with Crippen molar-refractivity contribution in [1.82, 2.24) is 9.88 Å². The molecule has 2 fully saturated rings. The number of piperidine rings is 1. The standard InChI is InChI=1S/C18H26N2O4/c1-17(2,3)24-16(21)20-12-7-8-13(20)11-18(22,10-12)15-14(23-4)6-5-9-19-15/h5-6,9,12-13,22H,7-8,10-11H2,1-4H3. The molecule has 0 radical (unpaired) electrons. The summed E-state index contributed by atoms with van der Waals surface area (Å²) in [6, 6.07) is 3.53. The molecule has 2 atom stereocenters. The second kappa shape index (κ2) is 5.92. The van der Waals surface area contributed by atoms with E-state index in [2.05, 4.69) is 4.98 Å². The van der Waals surface area contributed by atoms with Gasteiger partial charge in [-0.1, -0.05) is 0 Å². The number of aliphatic hydroxyl groups is 1. The number of carbonyl (C=O) groups is 1. The smallest absolute Gasteiger partial charge is 0.410 e. The van der Waals surface area contributed by atoms with E-state index in [1.807, 2.05) is 31.7 Å². The highest BCUT2D eigenvalue weighted by Crippen LogP contribution is 2.47. The highest BCUT2D eigenvalue weighted by Gasteiger charge is 2.52. The third-order valence-corrected chi connectivity index (χ3v) is 4.80. The largest absolute Gasteiger partial charge is 0.495 e. The molecule has 1 N–H and O–H groups in total. The maximum absolute atomic E-state index is 12.5. The topological polar surface area (TPSA) is 71.9 Å². The number of hydrogen-bond donors (Lipinski definition) is 1. The predicted molar refractivity (Wildman–Crippen MR) is 88.8 cm³/mol. The van der Waals surface area contributed by atoms with Crippen LogP contribution in [-0.4, -0.2) is 45.9 Å². The van der Waals surface area contributed by atoms with Gasteiger partial charge in [0.2, 0.25) is 0 Å². The Labute approximate surface area is 142 Å². The van der Waals surface area contributed by atoms with Gasteiger partial charge in [-0.25, -0.2) is 4.79 Å². The second-order valence-corrected chi connectivity index (χ2v) is 7.77. The highest BCUT2D eigenvalue weighted by molar-refractivity contribution is 5.69. The van der Waals surface area contributed by atoms with Crippen LogP contribution in [0.5, 0.6) is 5.75 Å². The summed E-state index contributed by atoms with van der Waals surface area (Å²) < 4.78 is 10.9. The van der Waals surface area contributed by atoms with Gasteiger partial charge in [0.15, 0.2) is 0 Å². The van der Waals surface area contributed by atoms with Crippen molar-refractivity contribution in [2.24, 2.45) is 0 Å². The highest BCUT2D eigenvalue weighted by atomic mass is 16.6. The quantitative estimate of drug-likeness (QED) is 0.900. The second-order valence-electron chi connectivity index (χ2n) is 7.77. The molecule has 2 saturated heterocycles. The molecule has 0 saturated carbocycles. The number of pyridine rings is 1. The van der Waals surface area contributed by atoms with E-state index in [0.717, 1.165) is 12.8 Å². The Hall–Kier alpha value is -1.82. The first-order chi connectivity index (χ1) is 11.2. The van der Waals surface area contributed by atoms with E-state index in [0.29, 0.717) is 24.3 Å². The van der Waals surface area contributed by atoms with Gasteiger partial charge in [0, 0.05) is 31.1 Å². The summed E-state index contributed by atoms with van der Waals surface area (Å²) in [4.78, 5) is 18.7. The summed E-state index contributed by atoms with van der Waals surface area (Å²) in [7, 11) is 1.58. The molecule has 0 aromatic carbocycles. The zero-order chi connectivity index (χ0) is 17.5. The minimum atomic E-state index is -1.07. The maximum atomic E-state index is 12.5. The van der Waals surface area contributed by atoms with Gasteiger partial charge in [-0.2, -0.15) is 0 Å². The Kier molecular flexibility index (Phi) is 4.20. The lowest BCUT2D eigenvalue weighted by Gasteiger charge is -2.43. The normalized spacial score (nSPS) is 29.5. The molecule has 1 amide bonds. The lowest BCUT2D eigenvalue weighted by Crippen LogP contribution is -2.53. The molecule has 3 heterocycles. The van der Waals surface area contributed by atoms with Crippen LogP contribution in [-0.2, 0) is 10.3 Å². The number of hydrogen-bond acceptors (Lipinski definition) is 5. The third-order valence-electron chi connectivity index (χ3n) is 4.80. The molecule has 2 unspecified atom stereocenters. The third kappa shape index (κ3) is 3.07. The molecule has 0 aliphatic carbocycles. The van der Waals surface area contributed by atoms with Crippen molar-refractivity contribution in [2.45, 2.75) is 69.7 Å². The fourth-order valence-electron chi connectivity index (χ4n) is 3.94. The van der Waals surface area contributed by atoms with Crippen LogP contribution in [0.25, 0.3) is 0 Å². The molecule has 2 bridgehead atoms. The molecule has 6 heteroatoms. The first-order valence-electron chi connectivity index (χ1n) is 8.47. The van der Waals surface area contributed by atoms with Crippen LogP contribution in [0.3, 0.4) is 0 Å². The molecule has 1 aromatic rings. The molecular formula is C18H26N2O4. The van der Waals surface area contributed by atoms with Crippen molar-refractivity contribution in [2.75, 3.05) is 7.11 Å². The van der Waals surface area contributed by atoms with Gasteiger partial charge in [0.25, 0.3) is 0 Å². The molecule has 1 aromatic heterocycles. The number of ether oxygens (including phenoxy) is 2. The van der Waals surface area contributed by atoms with Crippen LogP contribution < -0.4 is 4.74 Å². The minimum absolute atomic E-state index is 0.0321. The summed E-state index contributed by atoms with van der Waals surface area (Å²) in [5.41, 5.74) is -1.03. The number of rotatable bonds is 2. The van der Waals surface area contributed by atoms with Crippen LogP contribution in [0.15, 0.2) is 18.3 Å². The molecule has 0 spiro atoms. The number of fused-ring (bicyclic) bond motifs is 2. The number of aromatic nitrogens is 1. The Morgan fingerprint density at radius 3 is 2.50 bits per heavy atom. The van der Waals surface area contributed by atoms with Crippen LogP contribution in [0, 0.1) is 0 Å². The van der Waals surface area contributed by atoms with Crippen LogP contribution in [0.4, 0.5) is 4.79 Å². The molecule has 2 aliphatic rings. The van der Waals surface area contributed by atoms with Gasteiger partial charge < -0.3 is 19.5 Å². The van der Waals surface area contributed by atoms with Crippen molar-refractivity contribution < 1.29 is 19.4 Å². The fraction of sp³-hybridized carbons (Fsp3) is 0.667. The average molecular weight is 334 g/mol. The van der Waals surface area contributed by atoms with Gasteiger partial charge in [0.1, 0.15) is 22.6 Å². The molecule has 132 valence electrons. The summed E-state index contributed by atoms with van der Waals surface area (Å²) in [5, 5.41) is 11.2. The summed E-state index contributed by atoms with van der Waals surface area (Å²) >= 11 is 0. The van der Waals surface area contributed by atoms with Crippen LogP contribution >= 0.6 is 0 Å². The van der Waals surface area contributed by atoms with E-state index >= 15 is 0 Å². The van der Waals surface area contributed by atoms with E-state index < -0.39 is 11.2 Å². The van der Waals surface area contributed by atoms with Crippen molar-refractivity contribution in [3.63, 3.8) is 0 Å². The predicted octanol–water partition coefficient (Wildman–Crippen LogP) is 2.84. The molecule has 6 nitrogen and oxygen atoms in total. The van der Waals surface area contributed by atoms with Gasteiger partial charge in [0.05, 0.1) is 7.11 Å². The Morgan fingerprint density at radius 2 is 1.96 bits per heavy atom. The van der Waals surface area contributed by atoms with E-state index in [-0.39, 0.29) is 18.2 Å². The van der Waals surface area contributed by atoms with E-state index in [1.165, 1.54) is 0 Å². The average Bonchev–Trinajstić information content (AvgIpc) is 2.78. The van der Waals surface area contributed by atoms with Crippen LogP contribution in [0.1, 0.15) is 52.1 Å². The van der Waals surface area contributed by atoms with E-state index in [1.54, 1.807) is 19.4 Å². The minimum Gasteiger partial charge on any atom is -0.495 e. The van der Waals surface area contributed by atoms with E-state index in [9.17, 15) is 9.90 Å².